The summed E-state index contributed by atoms with van der Waals surface area (Å²) in [7, 11) is 1.19. The van der Waals surface area contributed by atoms with E-state index < -0.39 is 0 Å². The van der Waals surface area contributed by atoms with Gasteiger partial charge in [0.05, 0.1) is 0 Å². The first-order valence-corrected chi connectivity index (χ1v) is 7.06. The summed E-state index contributed by atoms with van der Waals surface area (Å²) in [6, 6.07) is 28.8. The predicted octanol–water partition coefficient (Wildman–Crippen LogP) is 3.10. The highest BCUT2D eigenvalue weighted by Crippen LogP contribution is 2.30. The Labute approximate surface area is 126 Å². The molecule has 3 rings (SSSR count). The fourth-order valence-electron chi connectivity index (χ4n) is 2.73. The Balaban J connectivity index is 2.17. The third-order valence-corrected chi connectivity index (χ3v) is 3.71. The Morgan fingerprint density at radius 2 is 1.10 bits per heavy atom. The minimum atomic E-state index is 0.118. The van der Waals surface area contributed by atoms with Gasteiger partial charge in [-0.2, -0.15) is 0 Å². The molecule has 1 radical (unpaired) electrons. The maximum absolute atomic E-state index is 9.54. The zero-order valence-electron chi connectivity index (χ0n) is 11.7. The zero-order valence-corrected chi connectivity index (χ0v) is 11.7. The molecule has 1 nitrogen and oxygen atoms in total. The molecule has 3 aromatic rings. The Morgan fingerprint density at radius 1 is 0.619 bits per heavy atom. The van der Waals surface area contributed by atoms with E-state index in [0.717, 1.165) is 11.0 Å². The summed E-state index contributed by atoms with van der Waals surface area (Å²) in [5.41, 5.74) is 4.41. The lowest BCUT2D eigenvalue weighted by atomic mass is 9.75. The topological polar surface area (TPSA) is 20.2 Å². The SMILES string of the molecule is O[B]c1ccccc1C(c1ccccc1)c1ccccc1. The molecule has 0 fully saturated rings. The van der Waals surface area contributed by atoms with Gasteiger partial charge in [-0.05, 0) is 22.2 Å². The van der Waals surface area contributed by atoms with Crippen LogP contribution in [0.5, 0.6) is 0 Å². The van der Waals surface area contributed by atoms with Crippen molar-refractivity contribution in [2.75, 3.05) is 0 Å². The molecule has 0 unspecified atom stereocenters. The number of benzene rings is 3. The van der Waals surface area contributed by atoms with Gasteiger partial charge in [-0.1, -0.05) is 84.9 Å². The fourth-order valence-corrected chi connectivity index (χ4v) is 2.73. The van der Waals surface area contributed by atoms with E-state index in [9.17, 15) is 5.02 Å². The van der Waals surface area contributed by atoms with Crippen molar-refractivity contribution in [2.24, 2.45) is 0 Å². The fraction of sp³-hybridized carbons (Fsp3) is 0.0526. The number of hydrogen-bond acceptors (Lipinski definition) is 1. The van der Waals surface area contributed by atoms with Gasteiger partial charge >= 0.3 is 7.48 Å². The molecular formula is C19H16BO. The molecule has 0 heterocycles. The summed E-state index contributed by atoms with van der Waals surface area (Å²) in [5.74, 6) is 0.118. The molecule has 0 atom stereocenters. The molecule has 0 amide bonds. The average Bonchev–Trinajstić information content (AvgIpc) is 2.58. The predicted molar refractivity (Wildman–Crippen MR) is 87.9 cm³/mol. The molecule has 0 bridgehead atoms. The standard InChI is InChI=1S/C19H16BO/c21-20-18-14-8-7-13-17(18)19(15-9-3-1-4-10-15)16-11-5-2-6-12-16/h1-14,19,21H. The van der Waals surface area contributed by atoms with Crippen LogP contribution in [0.25, 0.3) is 0 Å². The smallest absolute Gasteiger partial charge is 0.327 e. The number of rotatable bonds is 4. The summed E-state index contributed by atoms with van der Waals surface area (Å²) in [5, 5.41) is 9.54. The molecule has 0 aliphatic carbocycles. The summed E-state index contributed by atoms with van der Waals surface area (Å²) in [6.07, 6.45) is 0. The van der Waals surface area contributed by atoms with Crippen LogP contribution < -0.4 is 5.46 Å². The average molecular weight is 271 g/mol. The molecule has 0 saturated carbocycles. The van der Waals surface area contributed by atoms with Gasteiger partial charge in [-0.25, -0.2) is 0 Å². The van der Waals surface area contributed by atoms with Crippen LogP contribution in [-0.2, 0) is 0 Å². The normalized spacial score (nSPS) is 10.6. The van der Waals surface area contributed by atoms with Crippen molar-refractivity contribution in [1.29, 1.82) is 0 Å². The molecule has 3 aromatic carbocycles. The van der Waals surface area contributed by atoms with Gasteiger partial charge in [0.15, 0.2) is 0 Å². The lowest BCUT2D eigenvalue weighted by molar-refractivity contribution is 0.615. The third-order valence-electron chi connectivity index (χ3n) is 3.71. The van der Waals surface area contributed by atoms with Crippen molar-refractivity contribution in [1.82, 2.24) is 0 Å². The largest absolute Gasteiger partial charge is 0.450 e. The maximum atomic E-state index is 9.54. The highest BCUT2D eigenvalue weighted by Gasteiger charge is 2.19. The summed E-state index contributed by atoms with van der Waals surface area (Å²) >= 11 is 0. The minimum absolute atomic E-state index is 0.118. The van der Waals surface area contributed by atoms with Crippen LogP contribution in [-0.4, -0.2) is 12.5 Å². The van der Waals surface area contributed by atoms with Gasteiger partial charge in [0.2, 0.25) is 0 Å². The van der Waals surface area contributed by atoms with E-state index in [1.54, 1.807) is 0 Å². The first kappa shape index (κ1) is 13.7. The van der Waals surface area contributed by atoms with Crippen LogP contribution in [0, 0.1) is 0 Å². The van der Waals surface area contributed by atoms with Gasteiger partial charge in [0.1, 0.15) is 0 Å². The lowest BCUT2D eigenvalue weighted by Crippen LogP contribution is -2.22. The molecular weight excluding hydrogens is 255 g/mol. The van der Waals surface area contributed by atoms with Crippen molar-refractivity contribution in [2.45, 2.75) is 5.92 Å². The Hall–Kier alpha value is -2.32. The van der Waals surface area contributed by atoms with E-state index in [-0.39, 0.29) is 5.92 Å². The van der Waals surface area contributed by atoms with Crippen LogP contribution in [0.4, 0.5) is 0 Å². The summed E-state index contributed by atoms with van der Waals surface area (Å²) in [4.78, 5) is 0. The third kappa shape index (κ3) is 2.91. The molecule has 0 saturated heterocycles. The second-order valence-electron chi connectivity index (χ2n) is 5.01. The second-order valence-corrected chi connectivity index (χ2v) is 5.01. The van der Waals surface area contributed by atoms with Crippen molar-refractivity contribution < 1.29 is 5.02 Å². The van der Waals surface area contributed by atoms with Crippen LogP contribution >= 0.6 is 0 Å². The Kier molecular flexibility index (Phi) is 4.18. The second kappa shape index (κ2) is 6.42. The van der Waals surface area contributed by atoms with Crippen LogP contribution in [0.2, 0.25) is 0 Å². The first-order valence-electron chi connectivity index (χ1n) is 7.06. The highest BCUT2D eigenvalue weighted by molar-refractivity contribution is 6.46. The highest BCUT2D eigenvalue weighted by atomic mass is 16.2. The van der Waals surface area contributed by atoms with Crippen LogP contribution in [0.3, 0.4) is 0 Å². The van der Waals surface area contributed by atoms with E-state index in [4.69, 9.17) is 0 Å². The van der Waals surface area contributed by atoms with Gasteiger partial charge < -0.3 is 5.02 Å². The van der Waals surface area contributed by atoms with Gasteiger partial charge in [-0.15, -0.1) is 0 Å². The maximum Gasteiger partial charge on any atom is 0.327 e. The zero-order chi connectivity index (χ0) is 14.5. The number of hydrogen-bond donors (Lipinski definition) is 1. The Morgan fingerprint density at radius 3 is 1.62 bits per heavy atom. The van der Waals surface area contributed by atoms with Crippen molar-refractivity contribution in [3.05, 3.63) is 102 Å². The van der Waals surface area contributed by atoms with E-state index in [0.29, 0.717) is 0 Å². The summed E-state index contributed by atoms with van der Waals surface area (Å²) in [6.45, 7) is 0. The minimum Gasteiger partial charge on any atom is -0.450 e. The van der Waals surface area contributed by atoms with Crippen LogP contribution in [0.1, 0.15) is 22.6 Å². The van der Waals surface area contributed by atoms with Crippen molar-refractivity contribution in [3.63, 3.8) is 0 Å². The van der Waals surface area contributed by atoms with E-state index in [1.165, 1.54) is 18.6 Å². The molecule has 0 aliphatic rings. The molecule has 0 aromatic heterocycles. The molecule has 0 spiro atoms. The summed E-state index contributed by atoms with van der Waals surface area (Å²) < 4.78 is 0. The van der Waals surface area contributed by atoms with Crippen molar-refractivity contribution >= 4 is 12.9 Å². The molecule has 101 valence electrons. The van der Waals surface area contributed by atoms with Crippen molar-refractivity contribution in [3.8, 4) is 0 Å². The van der Waals surface area contributed by atoms with E-state index in [1.807, 2.05) is 30.3 Å². The van der Waals surface area contributed by atoms with Gasteiger partial charge in [-0.3, -0.25) is 0 Å². The van der Waals surface area contributed by atoms with E-state index in [2.05, 4.69) is 54.6 Å². The lowest BCUT2D eigenvalue weighted by Gasteiger charge is -2.21. The van der Waals surface area contributed by atoms with E-state index >= 15 is 0 Å². The molecule has 0 aliphatic heterocycles. The van der Waals surface area contributed by atoms with Gasteiger partial charge in [0.25, 0.3) is 0 Å². The monoisotopic (exact) mass is 271 g/mol. The quantitative estimate of drug-likeness (QED) is 0.571. The van der Waals surface area contributed by atoms with Gasteiger partial charge in [0, 0.05) is 5.92 Å². The van der Waals surface area contributed by atoms with Crippen LogP contribution in [0.15, 0.2) is 84.9 Å². The molecule has 2 heteroatoms. The molecule has 1 N–H and O–H groups in total. The first-order chi connectivity index (χ1) is 10.4. The molecule has 21 heavy (non-hydrogen) atoms. The Bertz CT molecular complexity index is 656.